The van der Waals surface area contributed by atoms with Crippen molar-refractivity contribution in [1.29, 1.82) is 0 Å². The number of benzene rings is 1. The predicted octanol–water partition coefficient (Wildman–Crippen LogP) is 0.402. The molecule has 1 rings (SSSR count). The second kappa shape index (κ2) is 5.29. The van der Waals surface area contributed by atoms with E-state index in [-0.39, 0.29) is 17.7 Å². The molecule has 92 valence electrons. The summed E-state index contributed by atoms with van der Waals surface area (Å²) in [6.07, 6.45) is 0.0346. The Morgan fingerprint density at radius 2 is 2.12 bits per heavy atom. The van der Waals surface area contributed by atoms with Gasteiger partial charge in [0.2, 0.25) is 5.91 Å². The van der Waals surface area contributed by atoms with Gasteiger partial charge in [0.05, 0.1) is 5.56 Å². The van der Waals surface area contributed by atoms with Crippen LogP contribution in [0.3, 0.4) is 0 Å². The van der Waals surface area contributed by atoms with Crippen LogP contribution in [0.15, 0.2) is 18.2 Å². The van der Waals surface area contributed by atoms with Crippen molar-refractivity contribution in [1.82, 2.24) is 5.32 Å². The number of amides is 2. The van der Waals surface area contributed by atoms with Crippen molar-refractivity contribution < 1.29 is 14.0 Å². The maximum Gasteiger partial charge on any atom is 0.253 e. The Morgan fingerprint density at radius 3 is 2.65 bits per heavy atom. The minimum Gasteiger partial charge on any atom is -0.398 e. The average Bonchev–Trinajstić information content (AvgIpc) is 2.15. The van der Waals surface area contributed by atoms with Gasteiger partial charge in [0, 0.05) is 18.2 Å². The lowest BCUT2D eigenvalue weighted by atomic mass is 10.1. The Morgan fingerprint density at radius 1 is 1.47 bits per heavy atom. The lowest BCUT2D eigenvalue weighted by Gasteiger charge is -2.13. The van der Waals surface area contributed by atoms with Gasteiger partial charge in [-0.15, -0.1) is 0 Å². The van der Waals surface area contributed by atoms with E-state index in [4.69, 9.17) is 11.5 Å². The molecule has 1 aromatic carbocycles. The summed E-state index contributed by atoms with van der Waals surface area (Å²) in [5.41, 5.74) is 10.7. The first-order chi connectivity index (χ1) is 7.90. The number of hydrogen-bond donors (Lipinski definition) is 3. The fraction of sp³-hybridized carbons (Fsp3) is 0.273. The van der Waals surface area contributed by atoms with E-state index in [9.17, 15) is 14.0 Å². The van der Waals surface area contributed by atoms with E-state index in [0.29, 0.717) is 0 Å². The molecule has 0 spiro atoms. The van der Waals surface area contributed by atoms with Gasteiger partial charge in [-0.05, 0) is 25.1 Å². The standard InChI is InChI=1S/C11H14FN3O2/c1-6(4-10(14)16)15-11(17)8-3-2-7(12)5-9(8)13/h2-3,5-6H,4,13H2,1H3,(H2,14,16)(H,15,17). The number of carbonyl (C=O) groups excluding carboxylic acids is 2. The number of rotatable bonds is 4. The third-order valence-corrected chi connectivity index (χ3v) is 2.14. The number of nitrogen functional groups attached to an aromatic ring is 1. The van der Waals surface area contributed by atoms with E-state index in [1.165, 1.54) is 6.07 Å². The summed E-state index contributed by atoms with van der Waals surface area (Å²) in [5, 5.41) is 2.55. The van der Waals surface area contributed by atoms with Gasteiger partial charge < -0.3 is 16.8 Å². The highest BCUT2D eigenvalue weighted by atomic mass is 19.1. The summed E-state index contributed by atoms with van der Waals surface area (Å²) < 4.78 is 12.8. The van der Waals surface area contributed by atoms with Crippen LogP contribution >= 0.6 is 0 Å². The number of nitrogens with one attached hydrogen (secondary N) is 1. The molecule has 0 aromatic heterocycles. The largest absolute Gasteiger partial charge is 0.398 e. The van der Waals surface area contributed by atoms with E-state index in [1.54, 1.807) is 6.92 Å². The fourth-order valence-electron chi connectivity index (χ4n) is 1.39. The number of hydrogen-bond acceptors (Lipinski definition) is 3. The first-order valence-corrected chi connectivity index (χ1v) is 5.04. The number of halogens is 1. The summed E-state index contributed by atoms with van der Waals surface area (Å²) in [5.74, 6) is -1.48. The van der Waals surface area contributed by atoms with E-state index in [0.717, 1.165) is 12.1 Å². The molecular weight excluding hydrogens is 225 g/mol. The van der Waals surface area contributed by atoms with Crippen LogP contribution in [-0.4, -0.2) is 17.9 Å². The highest BCUT2D eigenvalue weighted by molar-refractivity contribution is 5.99. The number of carbonyl (C=O) groups is 2. The minimum atomic E-state index is -0.510. The Hall–Kier alpha value is -2.11. The second-order valence-corrected chi connectivity index (χ2v) is 3.78. The molecule has 1 unspecified atom stereocenters. The smallest absolute Gasteiger partial charge is 0.253 e. The third kappa shape index (κ3) is 3.75. The summed E-state index contributed by atoms with van der Waals surface area (Å²) in [7, 11) is 0. The zero-order valence-corrected chi connectivity index (χ0v) is 9.37. The van der Waals surface area contributed by atoms with Gasteiger partial charge in [-0.3, -0.25) is 9.59 Å². The van der Waals surface area contributed by atoms with Crippen molar-refractivity contribution in [3.05, 3.63) is 29.6 Å². The molecule has 6 heteroatoms. The van der Waals surface area contributed by atoms with Gasteiger partial charge in [0.25, 0.3) is 5.91 Å². The highest BCUT2D eigenvalue weighted by Gasteiger charge is 2.14. The summed E-state index contributed by atoms with van der Waals surface area (Å²) in [4.78, 5) is 22.3. The third-order valence-electron chi connectivity index (χ3n) is 2.14. The molecule has 0 saturated heterocycles. The summed E-state index contributed by atoms with van der Waals surface area (Å²) in [6.45, 7) is 1.64. The van der Waals surface area contributed by atoms with Crippen LogP contribution in [0.5, 0.6) is 0 Å². The van der Waals surface area contributed by atoms with Crippen LogP contribution in [0.4, 0.5) is 10.1 Å². The van der Waals surface area contributed by atoms with Gasteiger partial charge >= 0.3 is 0 Å². The Kier molecular flexibility index (Phi) is 4.03. The maximum absolute atomic E-state index is 12.8. The molecule has 2 amide bonds. The van der Waals surface area contributed by atoms with Gasteiger partial charge in [-0.25, -0.2) is 4.39 Å². The zero-order chi connectivity index (χ0) is 13.0. The van der Waals surface area contributed by atoms with Crippen LogP contribution in [0.2, 0.25) is 0 Å². The predicted molar refractivity (Wildman–Crippen MR) is 61.6 cm³/mol. The van der Waals surface area contributed by atoms with Crippen molar-refractivity contribution in [2.24, 2.45) is 5.73 Å². The van der Waals surface area contributed by atoms with Crippen LogP contribution in [0.1, 0.15) is 23.7 Å². The molecular formula is C11H14FN3O2. The van der Waals surface area contributed by atoms with E-state index in [1.807, 2.05) is 0 Å². The quantitative estimate of drug-likeness (QED) is 0.663. The topological polar surface area (TPSA) is 98.2 Å². The molecule has 0 fully saturated rings. The number of primary amides is 1. The Labute approximate surface area is 98.0 Å². The first kappa shape index (κ1) is 13.0. The molecule has 0 radical (unpaired) electrons. The second-order valence-electron chi connectivity index (χ2n) is 3.78. The molecule has 5 nitrogen and oxygen atoms in total. The van der Waals surface area contributed by atoms with Gasteiger partial charge in [0.15, 0.2) is 0 Å². The Bertz CT molecular complexity index is 448. The monoisotopic (exact) mass is 239 g/mol. The van der Waals surface area contributed by atoms with Gasteiger partial charge in [0.1, 0.15) is 5.82 Å². The molecule has 0 aliphatic heterocycles. The van der Waals surface area contributed by atoms with Crippen LogP contribution in [-0.2, 0) is 4.79 Å². The minimum absolute atomic E-state index is 0.0346. The molecule has 1 atom stereocenters. The molecule has 0 heterocycles. The van der Waals surface area contributed by atoms with Crippen LogP contribution < -0.4 is 16.8 Å². The zero-order valence-electron chi connectivity index (χ0n) is 9.37. The van der Waals surface area contributed by atoms with E-state index >= 15 is 0 Å². The van der Waals surface area contributed by atoms with Crippen molar-refractivity contribution in [2.45, 2.75) is 19.4 Å². The van der Waals surface area contributed by atoms with Crippen molar-refractivity contribution in [2.75, 3.05) is 5.73 Å². The molecule has 0 bridgehead atoms. The highest BCUT2D eigenvalue weighted by Crippen LogP contribution is 2.13. The van der Waals surface area contributed by atoms with Gasteiger partial charge in [-0.2, -0.15) is 0 Å². The maximum atomic E-state index is 12.8. The first-order valence-electron chi connectivity index (χ1n) is 5.04. The van der Waals surface area contributed by atoms with Crippen molar-refractivity contribution >= 4 is 17.5 Å². The molecule has 1 aromatic rings. The SMILES string of the molecule is CC(CC(N)=O)NC(=O)c1ccc(F)cc1N. The van der Waals surface area contributed by atoms with Crippen LogP contribution in [0.25, 0.3) is 0 Å². The summed E-state index contributed by atoms with van der Waals surface area (Å²) in [6, 6.07) is 3.10. The Balaban J connectivity index is 2.73. The van der Waals surface area contributed by atoms with Crippen LogP contribution in [0, 0.1) is 5.82 Å². The van der Waals surface area contributed by atoms with E-state index < -0.39 is 23.7 Å². The lowest BCUT2D eigenvalue weighted by Crippen LogP contribution is -2.36. The lowest BCUT2D eigenvalue weighted by molar-refractivity contribution is -0.118. The average molecular weight is 239 g/mol. The molecule has 0 aliphatic rings. The molecule has 0 aliphatic carbocycles. The van der Waals surface area contributed by atoms with E-state index in [2.05, 4.69) is 5.32 Å². The van der Waals surface area contributed by atoms with Gasteiger partial charge in [-0.1, -0.05) is 0 Å². The number of anilines is 1. The normalized spacial score (nSPS) is 11.9. The summed E-state index contributed by atoms with van der Waals surface area (Å²) >= 11 is 0. The molecule has 0 saturated carbocycles. The van der Waals surface area contributed by atoms with Crippen molar-refractivity contribution in [3.8, 4) is 0 Å². The number of nitrogens with two attached hydrogens (primary N) is 2. The molecule has 17 heavy (non-hydrogen) atoms. The fourth-order valence-corrected chi connectivity index (χ4v) is 1.39. The van der Waals surface area contributed by atoms with Crippen molar-refractivity contribution in [3.63, 3.8) is 0 Å². The molecule has 5 N–H and O–H groups in total.